The van der Waals surface area contributed by atoms with Crippen molar-refractivity contribution in [2.24, 2.45) is 5.92 Å². The van der Waals surface area contributed by atoms with Gasteiger partial charge in [-0.15, -0.1) is 11.8 Å². The summed E-state index contributed by atoms with van der Waals surface area (Å²) in [4.78, 5) is 27.3. The number of rotatable bonds is 7. The van der Waals surface area contributed by atoms with Crippen LogP contribution in [0.2, 0.25) is 0 Å². The van der Waals surface area contributed by atoms with Gasteiger partial charge >= 0.3 is 0 Å². The minimum atomic E-state index is -0.274. The van der Waals surface area contributed by atoms with E-state index in [1.165, 1.54) is 16.0 Å². The summed E-state index contributed by atoms with van der Waals surface area (Å²) in [5.41, 5.74) is 2.56. The third-order valence-electron chi connectivity index (χ3n) is 4.66. The third kappa shape index (κ3) is 4.69. The first-order valence-electron chi connectivity index (χ1n) is 8.81. The van der Waals surface area contributed by atoms with Crippen molar-refractivity contribution in [2.45, 2.75) is 31.7 Å². The lowest BCUT2D eigenvalue weighted by atomic mass is 10.1. The second-order valence-corrected chi connectivity index (χ2v) is 7.81. The Balaban J connectivity index is 1.41. The van der Waals surface area contributed by atoms with Crippen molar-refractivity contribution in [3.63, 3.8) is 0 Å². The van der Waals surface area contributed by atoms with Crippen LogP contribution in [0, 0.1) is 19.8 Å². The Morgan fingerprint density at radius 2 is 2.15 bits per heavy atom. The van der Waals surface area contributed by atoms with E-state index in [0.717, 1.165) is 11.5 Å². The van der Waals surface area contributed by atoms with Gasteiger partial charge in [-0.2, -0.15) is 0 Å². The number of likely N-dealkylation sites (tertiary alicyclic amines) is 1. The van der Waals surface area contributed by atoms with E-state index in [0.29, 0.717) is 19.6 Å². The normalized spacial score (nSPS) is 16.9. The molecule has 0 saturated carbocycles. The first-order chi connectivity index (χ1) is 12.5. The Hall–Kier alpha value is -2.21. The molecule has 1 aliphatic rings. The van der Waals surface area contributed by atoms with Gasteiger partial charge in [0.15, 0.2) is 0 Å². The van der Waals surface area contributed by atoms with Gasteiger partial charge < -0.3 is 14.6 Å². The van der Waals surface area contributed by atoms with Crippen molar-refractivity contribution in [3.8, 4) is 0 Å². The van der Waals surface area contributed by atoms with Crippen LogP contribution in [0.15, 0.2) is 45.9 Å². The van der Waals surface area contributed by atoms with Crippen LogP contribution in [0.1, 0.15) is 23.3 Å². The Kier molecular flexibility index (Phi) is 6.04. The van der Waals surface area contributed by atoms with Gasteiger partial charge in [0.2, 0.25) is 11.8 Å². The summed E-state index contributed by atoms with van der Waals surface area (Å²) in [5.74, 6) is 1.24. The molecule has 2 amide bonds. The second kappa shape index (κ2) is 8.45. The first-order valence-corrected chi connectivity index (χ1v) is 9.79. The van der Waals surface area contributed by atoms with E-state index in [2.05, 4.69) is 37.4 Å². The van der Waals surface area contributed by atoms with Crippen LogP contribution in [-0.4, -0.2) is 35.6 Å². The van der Waals surface area contributed by atoms with Gasteiger partial charge in [0, 0.05) is 30.2 Å². The molecule has 0 spiro atoms. The van der Waals surface area contributed by atoms with Gasteiger partial charge in [-0.3, -0.25) is 9.59 Å². The van der Waals surface area contributed by atoms with Gasteiger partial charge in [-0.25, -0.2) is 0 Å². The lowest BCUT2D eigenvalue weighted by Crippen LogP contribution is -2.34. The number of benzene rings is 1. The highest BCUT2D eigenvalue weighted by Gasteiger charge is 2.34. The number of amides is 2. The van der Waals surface area contributed by atoms with Crippen LogP contribution in [0.5, 0.6) is 0 Å². The van der Waals surface area contributed by atoms with Crippen molar-refractivity contribution < 1.29 is 14.0 Å². The van der Waals surface area contributed by atoms with Gasteiger partial charge in [-0.05, 0) is 49.2 Å². The zero-order valence-corrected chi connectivity index (χ0v) is 16.0. The van der Waals surface area contributed by atoms with Crippen LogP contribution in [0.25, 0.3) is 0 Å². The molecule has 1 N–H and O–H groups in total. The number of nitrogens with one attached hydrogen (secondary N) is 1. The van der Waals surface area contributed by atoms with Gasteiger partial charge in [-0.1, -0.05) is 6.07 Å². The second-order valence-electron chi connectivity index (χ2n) is 6.64. The van der Waals surface area contributed by atoms with Crippen LogP contribution < -0.4 is 5.32 Å². The molecule has 1 fully saturated rings. The van der Waals surface area contributed by atoms with E-state index in [1.807, 2.05) is 6.07 Å². The molecular weight excluding hydrogens is 348 g/mol. The smallest absolute Gasteiger partial charge is 0.225 e. The fourth-order valence-corrected chi connectivity index (χ4v) is 3.85. The van der Waals surface area contributed by atoms with Gasteiger partial charge in [0.05, 0.1) is 18.7 Å². The van der Waals surface area contributed by atoms with Crippen molar-refractivity contribution in [2.75, 3.05) is 18.8 Å². The Morgan fingerprint density at radius 3 is 2.88 bits per heavy atom. The van der Waals surface area contributed by atoms with Crippen molar-refractivity contribution in [3.05, 3.63) is 53.5 Å². The minimum Gasteiger partial charge on any atom is -0.467 e. The Bertz CT molecular complexity index is 773. The molecule has 1 atom stereocenters. The highest BCUT2D eigenvalue weighted by atomic mass is 32.2. The van der Waals surface area contributed by atoms with E-state index in [1.54, 1.807) is 29.0 Å². The van der Waals surface area contributed by atoms with E-state index in [-0.39, 0.29) is 24.2 Å². The van der Waals surface area contributed by atoms with E-state index in [4.69, 9.17) is 4.42 Å². The van der Waals surface area contributed by atoms with Gasteiger partial charge in [0.25, 0.3) is 0 Å². The number of thioether (sulfide) groups is 1. The average molecular weight is 372 g/mol. The predicted octanol–water partition coefficient (Wildman–Crippen LogP) is 3.15. The van der Waals surface area contributed by atoms with Crippen LogP contribution in [-0.2, 0) is 16.1 Å². The molecule has 1 aliphatic heterocycles. The summed E-state index contributed by atoms with van der Waals surface area (Å²) in [7, 11) is 0. The van der Waals surface area contributed by atoms with E-state index < -0.39 is 0 Å². The summed E-state index contributed by atoms with van der Waals surface area (Å²) in [5, 5.41) is 2.96. The fourth-order valence-electron chi connectivity index (χ4n) is 2.98. The maximum Gasteiger partial charge on any atom is 0.225 e. The molecule has 1 saturated heterocycles. The largest absolute Gasteiger partial charge is 0.467 e. The summed E-state index contributed by atoms with van der Waals surface area (Å²) >= 11 is 1.73. The molecule has 2 aromatic rings. The van der Waals surface area contributed by atoms with Gasteiger partial charge in [0.1, 0.15) is 5.76 Å². The summed E-state index contributed by atoms with van der Waals surface area (Å²) in [6.45, 7) is 5.68. The first kappa shape index (κ1) is 18.6. The zero-order chi connectivity index (χ0) is 18.5. The van der Waals surface area contributed by atoms with Crippen LogP contribution in [0.4, 0.5) is 0 Å². The number of furan rings is 1. The Labute approximate surface area is 158 Å². The predicted molar refractivity (Wildman–Crippen MR) is 102 cm³/mol. The standard InChI is InChI=1S/C20H24N2O3S/c1-14-5-6-18(10-15(14)2)26-9-7-21-20(24)16-11-19(23)22(12-16)13-17-4-3-8-25-17/h3-6,8,10,16H,7,9,11-13H2,1-2H3,(H,21,24)/t16-/m1/s1. The maximum atomic E-state index is 12.3. The van der Waals surface area contributed by atoms with Crippen molar-refractivity contribution in [1.29, 1.82) is 0 Å². The van der Waals surface area contributed by atoms with Crippen LogP contribution in [0.3, 0.4) is 0 Å². The van der Waals surface area contributed by atoms with Crippen LogP contribution >= 0.6 is 11.8 Å². The number of nitrogens with zero attached hydrogens (tertiary/aromatic N) is 1. The van der Waals surface area contributed by atoms with E-state index >= 15 is 0 Å². The number of aryl methyl sites for hydroxylation is 2. The molecule has 0 aliphatic carbocycles. The lowest BCUT2D eigenvalue weighted by Gasteiger charge is -2.15. The minimum absolute atomic E-state index is 0.00561. The molecule has 1 aromatic carbocycles. The van der Waals surface area contributed by atoms with E-state index in [9.17, 15) is 9.59 Å². The summed E-state index contributed by atoms with van der Waals surface area (Å²) in [6.07, 6.45) is 1.87. The molecule has 138 valence electrons. The van der Waals surface area contributed by atoms with Crippen molar-refractivity contribution >= 4 is 23.6 Å². The fraction of sp³-hybridized carbons (Fsp3) is 0.400. The SMILES string of the molecule is Cc1ccc(SCCNC(=O)[C@@H]2CC(=O)N(Cc3ccco3)C2)cc1C. The third-order valence-corrected chi connectivity index (χ3v) is 5.66. The molecule has 3 rings (SSSR count). The number of carbonyl (C=O) groups is 2. The highest BCUT2D eigenvalue weighted by molar-refractivity contribution is 7.99. The monoisotopic (exact) mass is 372 g/mol. The summed E-state index contributed by atoms with van der Waals surface area (Å²) < 4.78 is 5.28. The molecular formula is C20H24N2O3S. The molecule has 26 heavy (non-hydrogen) atoms. The lowest BCUT2D eigenvalue weighted by molar-refractivity contribution is -0.129. The number of hydrogen-bond donors (Lipinski definition) is 1. The topological polar surface area (TPSA) is 62.6 Å². The molecule has 0 radical (unpaired) electrons. The number of hydrogen-bond acceptors (Lipinski definition) is 4. The van der Waals surface area contributed by atoms with Crippen molar-refractivity contribution in [1.82, 2.24) is 10.2 Å². The molecule has 6 heteroatoms. The molecule has 0 unspecified atom stereocenters. The highest BCUT2D eigenvalue weighted by Crippen LogP contribution is 2.22. The molecule has 5 nitrogen and oxygen atoms in total. The quantitative estimate of drug-likeness (QED) is 0.599. The summed E-state index contributed by atoms with van der Waals surface area (Å²) in [6, 6.07) is 10.0. The molecule has 1 aromatic heterocycles. The average Bonchev–Trinajstić information content (AvgIpc) is 3.25. The molecule has 0 bridgehead atoms. The number of carbonyl (C=O) groups excluding carboxylic acids is 2. The molecule has 2 heterocycles. The zero-order valence-electron chi connectivity index (χ0n) is 15.2. The Morgan fingerprint density at radius 1 is 1.31 bits per heavy atom. The maximum absolute atomic E-state index is 12.3.